The van der Waals surface area contributed by atoms with Gasteiger partial charge in [-0.05, 0) is 69.3 Å². The van der Waals surface area contributed by atoms with Gasteiger partial charge in [-0.1, -0.05) is 5.10 Å². The molecule has 0 radical (unpaired) electrons. The van der Waals surface area contributed by atoms with Gasteiger partial charge in [0, 0.05) is 25.8 Å². The van der Waals surface area contributed by atoms with Crippen LogP contribution >= 0.6 is 0 Å². The van der Waals surface area contributed by atoms with Crippen molar-refractivity contribution < 1.29 is 9.21 Å². The van der Waals surface area contributed by atoms with Crippen LogP contribution in [0.4, 0.5) is 6.01 Å². The van der Waals surface area contributed by atoms with Crippen LogP contribution in [0.1, 0.15) is 56.7 Å². The van der Waals surface area contributed by atoms with Gasteiger partial charge in [-0.2, -0.15) is 5.10 Å². The Morgan fingerprint density at radius 1 is 1.21 bits per heavy atom. The molecule has 1 amide bonds. The van der Waals surface area contributed by atoms with Gasteiger partial charge in [-0.25, -0.2) is 0 Å². The third-order valence-electron chi connectivity index (χ3n) is 6.42. The van der Waals surface area contributed by atoms with Crippen molar-refractivity contribution in [1.82, 2.24) is 24.9 Å². The summed E-state index contributed by atoms with van der Waals surface area (Å²) in [6.07, 6.45) is 13.4. The number of amides is 1. The van der Waals surface area contributed by atoms with Gasteiger partial charge in [0.25, 0.3) is 0 Å². The molecule has 5 rings (SSSR count). The van der Waals surface area contributed by atoms with E-state index in [-0.39, 0.29) is 11.9 Å². The Balaban J connectivity index is 0.000000162. The van der Waals surface area contributed by atoms with Crippen molar-refractivity contribution in [2.45, 2.75) is 64.3 Å². The van der Waals surface area contributed by atoms with Gasteiger partial charge in [0.1, 0.15) is 6.04 Å². The second kappa shape index (κ2) is 7.93. The first kappa shape index (κ1) is 19.0. The molecule has 1 saturated heterocycles. The molecule has 0 bridgehead atoms. The standard InChI is InChI=1S/C12H18N4O2.C8H12N2/c1-9(14-11-15-13-8-18-11)10(17)16-6-4-12(2-3-12)5-7-16;1-10-8-5-3-2-4-7(8)6-9-10/h8-9H,2-7H2,1H3,(H,14,15);6H,2-5H2,1H3. The predicted octanol–water partition coefficient (Wildman–Crippen LogP) is 2.57. The van der Waals surface area contributed by atoms with Crippen molar-refractivity contribution in [2.75, 3.05) is 18.4 Å². The van der Waals surface area contributed by atoms with Gasteiger partial charge in [0.05, 0.1) is 6.20 Å². The molecule has 2 fully saturated rings. The second-order valence-electron chi connectivity index (χ2n) is 8.38. The number of nitrogens with zero attached hydrogens (tertiary/aromatic N) is 5. The minimum absolute atomic E-state index is 0.115. The van der Waals surface area contributed by atoms with Gasteiger partial charge in [-0.15, -0.1) is 5.10 Å². The summed E-state index contributed by atoms with van der Waals surface area (Å²) in [7, 11) is 2.03. The lowest BCUT2D eigenvalue weighted by atomic mass is 9.93. The summed E-state index contributed by atoms with van der Waals surface area (Å²) in [6, 6.07) is -0.0229. The van der Waals surface area contributed by atoms with Gasteiger partial charge >= 0.3 is 6.01 Å². The Morgan fingerprint density at radius 2 is 1.96 bits per heavy atom. The molecule has 3 aliphatic rings. The van der Waals surface area contributed by atoms with E-state index in [4.69, 9.17) is 4.42 Å². The van der Waals surface area contributed by atoms with E-state index in [1.165, 1.54) is 56.2 Å². The molecule has 28 heavy (non-hydrogen) atoms. The fourth-order valence-electron chi connectivity index (χ4n) is 4.28. The summed E-state index contributed by atoms with van der Waals surface area (Å²) >= 11 is 0. The molecule has 8 heteroatoms. The van der Waals surface area contributed by atoms with E-state index in [0.717, 1.165) is 25.9 Å². The SMILES string of the molecule is CC(Nc1nnco1)C(=O)N1CCC2(CC1)CC2.Cn1ncc2c1CCCC2. The molecule has 3 heterocycles. The van der Waals surface area contributed by atoms with Crippen LogP contribution in [0.2, 0.25) is 0 Å². The van der Waals surface area contributed by atoms with E-state index in [1.54, 1.807) is 0 Å². The first-order chi connectivity index (χ1) is 13.6. The van der Waals surface area contributed by atoms with Crippen LogP contribution in [0.3, 0.4) is 0 Å². The zero-order valence-corrected chi connectivity index (χ0v) is 16.9. The number of rotatable bonds is 3. The van der Waals surface area contributed by atoms with Crippen molar-refractivity contribution in [3.8, 4) is 0 Å². The smallest absolute Gasteiger partial charge is 0.315 e. The summed E-state index contributed by atoms with van der Waals surface area (Å²) in [6.45, 7) is 3.59. The molecule has 1 saturated carbocycles. The van der Waals surface area contributed by atoms with Gasteiger partial charge in [0.15, 0.2) is 0 Å². The third-order valence-corrected chi connectivity index (χ3v) is 6.42. The van der Waals surface area contributed by atoms with E-state index >= 15 is 0 Å². The number of carbonyl (C=O) groups excluding carboxylic acids is 1. The van der Waals surface area contributed by atoms with Crippen LogP contribution in [0.5, 0.6) is 0 Å². The zero-order valence-electron chi connectivity index (χ0n) is 16.9. The molecular weight excluding hydrogens is 356 g/mol. The average molecular weight is 387 g/mol. The monoisotopic (exact) mass is 386 g/mol. The number of hydrogen-bond donors (Lipinski definition) is 1. The minimum atomic E-state index is -0.321. The maximum atomic E-state index is 12.2. The number of piperidine rings is 1. The van der Waals surface area contributed by atoms with Crippen LogP contribution in [-0.4, -0.2) is 49.9 Å². The molecule has 1 N–H and O–H groups in total. The predicted molar refractivity (Wildman–Crippen MR) is 105 cm³/mol. The highest BCUT2D eigenvalue weighted by molar-refractivity contribution is 5.83. The van der Waals surface area contributed by atoms with Crippen molar-refractivity contribution >= 4 is 11.9 Å². The quantitative estimate of drug-likeness (QED) is 0.872. The molecule has 2 aromatic rings. The maximum absolute atomic E-state index is 12.2. The first-order valence-electron chi connectivity index (χ1n) is 10.4. The van der Waals surface area contributed by atoms with Gasteiger partial charge < -0.3 is 14.6 Å². The van der Waals surface area contributed by atoms with E-state index in [9.17, 15) is 4.79 Å². The summed E-state index contributed by atoms with van der Waals surface area (Å²) < 4.78 is 6.99. The number of nitrogens with one attached hydrogen (secondary N) is 1. The fourth-order valence-corrected chi connectivity index (χ4v) is 4.28. The van der Waals surface area contributed by atoms with Crippen LogP contribution in [-0.2, 0) is 24.7 Å². The summed E-state index contributed by atoms with van der Waals surface area (Å²) in [5.41, 5.74) is 3.51. The summed E-state index contributed by atoms with van der Waals surface area (Å²) in [4.78, 5) is 14.2. The summed E-state index contributed by atoms with van der Waals surface area (Å²) in [5.74, 6) is 0.115. The highest BCUT2D eigenvalue weighted by Gasteiger charge is 2.45. The van der Waals surface area contributed by atoms with Crippen LogP contribution in [0.15, 0.2) is 17.0 Å². The Kier molecular flexibility index (Phi) is 5.37. The normalized spacial score (nSPS) is 20.7. The highest BCUT2D eigenvalue weighted by Crippen LogP contribution is 2.53. The fraction of sp³-hybridized carbons (Fsp3) is 0.700. The Hall–Kier alpha value is -2.38. The topological polar surface area (TPSA) is 89.1 Å². The Bertz CT molecular complexity index is 786. The molecule has 8 nitrogen and oxygen atoms in total. The number of carbonyl (C=O) groups is 1. The van der Waals surface area contributed by atoms with Crippen LogP contribution in [0.25, 0.3) is 0 Å². The van der Waals surface area contributed by atoms with Gasteiger partial charge in [-0.3, -0.25) is 9.48 Å². The molecule has 2 aliphatic carbocycles. The van der Waals surface area contributed by atoms with Crippen molar-refractivity contribution in [2.24, 2.45) is 12.5 Å². The molecule has 1 spiro atoms. The van der Waals surface area contributed by atoms with E-state index in [2.05, 4.69) is 20.6 Å². The van der Waals surface area contributed by atoms with Crippen molar-refractivity contribution in [1.29, 1.82) is 0 Å². The first-order valence-corrected chi connectivity index (χ1v) is 10.4. The number of hydrogen-bond acceptors (Lipinski definition) is 6. The highest BCUT2D eigenvalue weighted by atomic mass is 16.4. The molecule has 1 atom stereocenters. The molecule has 152 valence electrons. The lowest BCUT2D eigenvalue weighted by molar-refractivity contribution is -0.133. The molecule has 0 aromatic carbocycles. The van der Waals surface area contributed by atoms with Crippen LogP contribution < -0.4 is 5.32 Å². The molecule has 1 unspecified atom stereocenters. The van der Waals surface area contributed by atoms with Crippen molar-refractivity contribution in [3.63, 3.8) is 0 Å². The lowest BCUT2D eigenvalue weighted by Gasteiger charge is -2.33. The average Bonchev–Trinajstić information content (AvgIpc) is 3.11. The number of aromatic nitrogens is 4. The Labute approximate surface area is 165 Å². The minimum Gasteiger partial charge on any atom is -0.411 e. The number of likely N-dealkylation sites (tertiary alicyclic amines) is 1. The zero-order chi connectivity index (χ0) is 19.6. The maximum Gasteiger partial charge on any atom is 0.315 e. The van der Waals surface area contributed by atoms with E-state index < -0.39 is 0 Å². The third kappa shape index (κ3) is 4.20. The van der Waals surface area contributed by atoms with Gasteiger partial charge in [0.2, 0.25) is 12.3 Å². The number of aryl methyl sites for hydroxylation is 2. The van der Waals surface area contributed by atoms with E-state index in [1.807, 2.05) is 29.7 Å². The molecular formula is C20H30N6O2. The Morgan fingerprint density at radius 3 is 2.61 bits per heavy atom. The number of fused-ring (bicyclic) bond motifs is 1. The number of anilines is 1. The second-order valence-corrected chi connectivity index (χ2v) is 8.38. The van der Waals surface area contributed by atoms with Crippen LogP contribution in [0, 0.1) is 5.41 Å². The van der Waals surface area contributed by atoms with E-state index in [0.29, 0.717) is 11.4 Å². The largest absolute Gasteiger partial charge is 0.411 e. The molecule has 2 aromatic heterocycles. The van der Waals surface area contributed by atoms with Crippen molar-refractivity contribution in [3.05, 3.63) is 23.8 Å². The lowest BCUT2D eigenvalue weighted by Crippen LogP contribution is -2.45. The summed E-state index contributed by atoms with van der Waals surface area (Å²) in [5, 5.41) is 14.4. The molecule has 1 aliphatic heterocycles.